The fourth-order valence-electron chi connectivity index (χ4n) is 3.13. The van der Waals surface area contributed by atoms with Crippen molar-refractivity contribution in [1.29, 1.82) is 0 Å². The molecular weight excluding hydrogens is 394 g/mol. The summed E-state index contributed by atoms with van der Waals surface area (Å²) in [6.07, 6.45) is 0.690. The number of carboxylic acid groups (broad SMARTS) is 1. The molecule has 30 heavy (non-hydrogen) atoms. The van der Waals surface area contributed by atoms with Gasteiger partial charge in [0.2, 0.25) is 0 Å². The number of thioether (sulfide) groups is 1. The number of carboxylic acids is 1. The highest BCUT2D eigenvalue weighted by molar-refractivity contribution is 7.98. The van der Waals surface area contributed by atoms with Crippen LogP contribution in [-0.2, 0) is 12.2 Å². The van der Waals surface area contributed by atoms with Crippen LogP contribution in [0.2, 0.25) is 0 Å². The van der Waals surface area contributed by atoms with Crippen LogP contribution in [0.25, 0.3) is 5.69 Å². The zero-order valence-electron chi connectivity index (χ0n) is 16.5. The van der Waals surface area contributed by atoms with Crippen molar-refractivity contribution in [2.45, 2.75) is 24.3 Å². The Morgan fingerprint density at radius 2 is 1.60 bits per heavy atom. The molecule has 0 saturated heterocycles. The van der Waals surface area contributed by atoms with Crippen molar-refractivity contribution in [3.63, 3.8) is 0 Å². The van der Waals surface area contributed by atoms with Gasteiger partial charge in [-0.1, -0.05) is 71.9 Å². The summed E-state index contributed by atoms with van der Waals surface area (Å²) >= 11 is 1.59. The highest BCUT2D eigenvalue weighted by atomic mass is 32.2. The zero-order valence-corrected chi connectivity index (χ0v) is 17.3. The van der Waals surface area contributed by atoms with E-state index in [4.69, 9.17) is 5.11 Å². The van der Waals surface area contributed by atoms with E-state index in [0.29, 0.717) is 12.2 Å². The van der Waals surface area contributed by atoms with Crippen LogP contribution in [0.3, 0.4) is 0 Å². The Labute approximate surface area is 179 Å². The molecule has 1 N–H and O–H groups in total. The van der Waals surface area contributed by atoms with E-state index in [0.717, 1.165) is 22.2 Å². The van der Waals surface area contributed by atoms with Crippen LogP contribution in [0.5, 0.6) is 0 Å². The van der Waals surface area contributed by atoms with Gasteiger partial charge in [0.25, 0.3) is 0 Å². The van der Waals surface area contributed by atoms with Crippen LogP contribution in [0.1, 0.15) is 32.9 Å². The first-order valence-corrected chi connectivity index (χ1v) is 10.6. The number of benzene rings is 3. The number of aryl methyl sites for hydroxylation is 1. The molecule has 0 fully saturated rings. The summed E-state index contributed by atoms with van der Waals surface area (Å²) in [4.78, 5) is 11.0. The molecule has 1 aromatic heterocycles. The van der Waals surface area contributed by atoms with Gasteiger partial charge < -0.3 is 5.11 Å². The molecule has 0 bridgehead atoms. The number of hydrogen-bond donors (Lipinski definition) is 1. The Bertz CT molecular complexity index is 1140. The minimum atomic E-state index is -0.918. The van der Waals surface area contributed by atoms with Gasteiger partial charge in [-0.25, -0.2) is 4.79 Å². The first-order valence-electron chi connectivity index (χ1n) is 9.60. The van der Waals surface area contributed by atoms with Crippen LogP contribution in [-0.4, -0.2) is 25.8 Å². The molecule has 0 aliphatic carbocycles. The maximum atomic E-state index is 11.0. The van der Waals surface area contributed by atoms with E-state index < -0.39 is 5.97 Å². The molecule has 1 heterocycles. The number of rotatable bonds is 7. The molecule has 0 radical (unpaired) electrons. The second-order valence-corrected chi connectivity index (χ2v) is 7.97. The lowest BCUT2D eigenvalue weighted by Crippen LogP contribution is -2.04. The minimum absolute atomic E-state index is 0.289. The van der Waals surface area contributed by atoms with Gasteiger partial charge in [0.1, 0.15) is 5.82 Å². The second-order valence-electron chi connectivity index (χ2n) is 7.02. The third kappa shape index (κ3) is 4.60. The molecule has 5 nitrogen and oxygen atoms in total. The molecular formula is C24H21N3O2S. The average Bonchev–Trinajstić information content (AvgIpc) is 3.16. The van der Waals surface area contributed by atoms with E-state index in [1.165, 1.54) is 11.1 Å². The highest BCUT2D eigenvalue weighted by Crippen LogP contribution is 2.26. The van der Waals surface area contributed by atoms with Crippen molar-refractivity contribution in [3.05, 3.63) is 107 Å². The van der Waals surface area contributed by atoms with Crippen molar-refractivity contribution in [3.8, 4) is 5.69 Å². The molecule has 150 valence electrons. The molecule has 4 aromatic rings. The monoisotopic (exact) mass is 415 g/mol. The zero-order chi connectivity index (χ0) is 20.9. The van der Waals surface area contributed by atoms with Crippen LogP contribution in [0, 0.1) is 6.92 Å². The van der Waals surface area contributed by atoms with E-state index >= 15 is 0 Å². The van der Waals surface area contributed by atoms with Gasteiger partial charge in [0.15, 0.2) is 5.16 Å². The minimum Gasteiger partial charge on any atom is -0.478 e. The Balaban J connectivity index is 1.61. The number of aromatic nitrogens is 3. The molecule has 0 saturated carbocycles. The van der Waals surface area contributed by atoms with Crippen molar-refractivity contribution in [2.24, 2.45) is 0 Å². The topological polar surface area (TPSA) is 68.0 Å². The number of aromatic carboxylic acids is 1. The van der Waals surface area contributed by atoms with E-state index in [2.05, 4.69) is 58.1 Å². The summed E-state index contributed by atoms with van der Waals surface area (Å²) < 4.78 is 2.10. The summed E-state index contributed by atoms with van der Waals surface area (Å²) in [5.41, 5.74) is 4.73. The maximum absolute atomic E-state index is 11.0. The van der Waals surface area contributed by atoms with Crippen molar-refractivity contribution in [1.82, 2.24) is 14.8 Å². The number of nitrogens with zero attached hydrogens (tertiary/aromatic N) is 3. The van der Waals surface area contributed by atoms with Crippen LogP contribution < -0.4 is 0 Å². The lowest BCUT2D eigenvalue weighted by atomic mass is 10.1. The number of hydrogen-bond acceptors (Lipinski definition) is 4. The molecule has 0 amide bonds. The predicted octanol–water partition coefficient (Wildman–Crippen LogP) is 5.16. The lowest BCUT2D eigenvalue weighted by molar-refractivity contribution is 0.0697. The van der Waals surface area contributed by atoms with Crippen molar-refractivity contribution >= 4 is 17.7 Å². The Morgan fingerprint density at radius 1 is 0.900 bits per heavy atom. The van der Waals surface area contributed by atoms with Gasteiger partial charge in [0, 0.05) is 17.9 Å². The molecule has 0 spiro atoms. The van der Waals surface area contributed by atoms with Gasteiger partial charge in [-0.15, -0.1) is 10.2 Å². The highest BCUT2D eigenvalue weighted by Gasteiger charge is 2.15. The predicted molar refractivity (Wildman–Crippen MR) is 118 cm³/mol. The quantitative estimate of drug-likeness (QED) is 0.423. The van der Waals surface area contributed by atoms with Crippen LogP contribution in [0.4, 0.5) is 0 Å². The third-order valence-corrected chi connectivity index (χ3v) is 5.77. The fourth-order valence-corrected chi connectivity index (χ4v) is 4.06. The van der Waals surface area contributed by atoms with Crippen molar-refractivity contribution in [2.75, 3.05) is 0 Å². The first-order chi connectivity index (χ1) is 14.6. The molecule has 0 atom stereocenters. The summed E-state index contributed by atoms with van der Waals surface area (Å²) in [6.45, 7) is 2.07. The maximum Gasteiger partial charge on any atom is 0.335 e. The Morgan fingerprint density at radius 3 is 2.27 bits per heavy atom. The number of carbonyl (C=O) groups is 1. The SMILES string of the molecule is Cc1ccc(-n2c(Cc3ccccc3)nnc2SCc2ccc(C(=O)O)cc2)cc1. The van der Waals surface area contributed by atoms with Gasteiger partial charge >= 0.3 is 5.97 Å². The molecule has 6 heteroatoms. The second kappa shape index (κ2) is 8.97. The third-order valence-electron chi connectivity index (χ3n) is 4.77. The van der Waals surface area contributed by atoms with E-state index in [-0.39, 0.29) is 5.56 Å². The van der Waals surface area contributed by atoms with E-state index in [1.54, 1.807) is 23.9 Å². The summed E-state index contributed by atoms with van der Waals surface area (Å²) in [5, 5.41) is 18.8. The molecule has 0 aliphatic heterocycles. The van der Waals surface area contributed by atoms with E-state index in [1.807, 2.05) is 30.3 Å². The molecule has 0 aliphatic rings. The molecule has 4 rings (SSSR count). The summed E-state index contributed by atoms with van der Waals surface area (Å²) in [7, 11) is 0. The molecule has 3 aromatic carbocycles. The Hall–Kier alpha value is -3.38. The molecule has 0 unspecified atom stereocenters. The summed E-state index contributed by atoms with van der Waals surface area (Å²) in [6, 6.07) is 25.5. The standard InChI is InChI=1S/C24H21N3O2S/c1-17-7-13-21(14-8-17)27-22(15-18-5-3-2-4-6-18)25-26-24(27)30-16-19-9-11-20(12-10-19)23(28)29/h2-14H,15-16H2,1H3,(H,28,29). The van der Waals surface area contributed by atoms with Gasteiger partial charge in [-0.3, -0.25) is 4.57 Å². The smallest absolute Gasteiger partial charge is 0.335 e. The normalized spacial score (nSPS) is 10.8. The largest absolute Gasteiger partial charge is 0.478 e. The van der Waals surface area contributed by atoms with E-state index in [9.17, 15) is 4.79 Å². The van der Waals surface area contributed by atoms with Crippen molar-refractivity contribution < 1.29 is 9.90 Å². The summed E-state index contributed by atoms with van der Waals surface area (Å²) in [5.74, 6) is 0.641. The van der Waals surface area contributed by atoms with Gasteiger partial charge in [-0.2, -0.15) is 0 Å². The Kier molecular flexibility index (Phi) is 5.95. The van der Waals surface area contributed by atoms with Crippen LogP contribution >= 0.6 is 11.8 Å². The van der Waals surface area contributed by atoms with Gasteiger partial charge in [-0.05, 0) is 42.3 Å². The van der Waals surface area contributed by atoms with Crippen LogP contribution in [0.15, 0.2) is 84.0 Å². The average molecular weight is 416 g/mol. The lowest BCUT2D eigenvalue weighted by Gasteiger charge is -2.11. The first kappa shape index (κ1) is 19.9. The van der Waals surface area contributed by atoms with Gasteiger partial charge in [0.05, 0.1) is 5.56 Å². The fraction of sp³-hybridized carbons (Fsp3) is 0.125.